The van der Waals surface area contributed by atoms with Crippen molar-refractivity contribution in [1.29, 1.82) is 0 Å². The normalized spacial score (nSPS) is 12.2. The number of nitrogens with zero attached hydrogens (tertiary/aromatic N) is 1. The molecule has 2 nitrogen and oxygen atoms in total. The lowest BCUT2D eigenvalue weighted by Crippen LogP contribution is -2.35. The molecule has 20 heavy (non-hydrogen) atoms. The molecule has 1 unspecified atom stereocenters. The Hall–Kier alpha value is -1.02. The average molecular weight is 296 g/mol. The van der Waals surface area contributed by atoms with Crippen molar-refractivity contribution in [3.8, 4) is 0 Å². The van der Waals surface area contributed by atoms with Crippen LogP contribution in [0.2, 0.25) is 5.02 Å². The molecule has 1 amide bonds. The Bertz CT molecular complexity index is 402. The van der Waals surface area contributed by atoms with Crippen molar-refractivity contribution in [1.82, 2.24) is 4.90 Å². The van der Waals surface area contributed by atoms with Crippen molar-refractivity contribution in [2.45, 2.75) is 46.5 Å². The topological polar surface area (TPSA) is 20.3 Å². The van der Waals surface area contributed by atoms with Gasteiger partial charge in [-0.2, -0.15) is 0 Å². The lowest BCUT2D eigenvalue weighted by molar-refractivity contribution is 0.0732. The van der Waals surface area contributed by atoms with E-state index in [0.29, 0.717) is 10.9 Å². The molecule has 0 saturated carbocycles. The number of hydrogen-bond acceptors (Lipinski definition) is 1. The first kappa shape index (κ1) is 17.0. The molecule has 0 heterocycles. The SMILES string of the molecule is CCCCC(CC)CN(CC)C(=O)c1ccc(Cl)cc1. The Morgan fingerprint density at radius 1 is 1.20 bits per heavy atom. The van der Waals surface area contributed by atoms with E-state index in [1.807, 2.05) is 11.8 Å². The summed E-state index contributed by atoms with van der Waals surface area (Å²) in [6.45, 7) is 8.07. The first-order valence-electron chi connectivity index (χ1n) is 7.67. The van der Waals surface area contributed by atoms with Crippen LogP contribution in [0.5, 0.6) is 0 Å². The van der Waals surface area contributed by atoms with E-state index in [9.17, 15) is 4.79 Å². The molecule has 112 valence electrons. The Balaban J connectivity index is 2.68. The standard InChI is InChI=1S/C17H26ClNO/c1-4-7-8-14(5-2)13-19(6-3)17(20)15-9-11-16(18)12-10-15/h9-12,14H,4-8,13H2,1-3H3. The Morgan fingerprint density at radius 2 is 1.85 bits per heavy atom. The molecule has 0 aromatic heterocycles. The maximum absolute atomic E-state index is 12.5. The number of carbonyl (C=O) groups excluding carboxylic acids is 1. The number of amides is 1. The average Bonchev–Trinajstić information content (AvgIpc) is 2.48. The number of halogens is 1. The van der Waals surface area contributed by atoms with Gasteiger partial charge in [-0.05, 0) is 43.5 Å². The third-order valence-corrected chi connectivity index (χ3v) is 4.03. The molecule has 1 aromatic rings. The summed E-state index contributed by atoms with van der Waals surface area (Å²) in [5.41, 5.74) is 0.724. The Kier molecular flexibility index (Phi) is 7.68. The number of unbranched alkanes of at least 4 members (excludes halogenated alkanes) is 1. The van der Waals surface area contributed by atoms with Gasteiger partial charge in [0, 0.05) is 23.7 Å². The fraction of sp³-hybridized carbons (Fsp3) is 0.588. The van der Waals surface area contributed by atoms with Crippen molar-refractivity contribution in [2.24, 2.45) is 5.92 Å². The molecular formula is C17H26ClNO. The van der Waals surface area contributed by atoms with Gasteiger partial charge in [-0.25, -0.2) is 0 Å². The molecular weight excluding hydrogens is 270 g/mol. The quantitative estimate of drug-likeness (QED) is 0.659. The summed E-state index contributed by atoms with van der Waals surface area (Å²) in [5.74, 6) is 0.713. The van der Waals surface area contributed by atoms with E-state index >= 15 is 0 Å². The third-order valence-electron chi connectivity index (χ3n) is 3.78. The van der Waals surface area contributed by atoms with Crippen LogP contribution >= 0.6 is 11.6 Å². The summed E-state index contributed by atoms with van der Waals surface area (Å²) in [5, 5.41) is 0.666. The first-order chi connectivity index (χ1) is 9.62. The second-order valence-electron chi connectivity index (χ2n) is 5.27. The molecule has 0 aliphatic rings. The second-order valence-corrected chi connectivity index (χ2v) is 5.70. The summed E-state index contributed by atoms with van der Waals surface area (Å²) in [6, 6.07) is 7.16. The minimum atomic E-state index is 0.110. The van der Waals surface area contributed by atoms with Crippen LogP contribution in [0.1, 0.15) is 56.8 Å². The minimum Gasteiger partial charge on any atom is -0.339 e. The van der Waals surface area contributed by atoms with E-state index in [1.165, 1.54) is 19.3 Å². The predicted molar refractivity (Wildman–Crippen MR) is 86.3 cm³/mol. The van der Waals surface area contributed by atoms with Crippen LogP contribution < -0.4 is 0 Å². The van der Waals surface area contributed by atoms with Crippen molar-refractivity contribution < 1.29 is 4.79 Å². The molecule has 0 aliphatic heterocycles. The summed E-state index contributed by atoms with van der Waals surface area (Å²) < 4.78 is 0. The van der Waals surface area contributed by atoms with Crippen molar-refractivity contribution >= 4 is 17.5 Å². The summed E-state index contributed by atoms with van der Waals surface area (Å²) in [6.07, 6.45) is 4.79. The second kappa shape index (κ2) is 9.02. The lowest BCUT2D eigenvalue weighted by atomic mass is 9.98. The van der Waals surface area contributed by atoms with Gasteiger partial charge in [0.25, 0.3) is 5.91 Å². The molecule has 0 N–H and O–H groups in total. The van der Waals surface area contributed by atoms with Crippen LogP contribution in [0.15, 0.2) is 24.3 Å². The smallest absolute Gasteiger partial charge is 0.253 e. The molecule has 1 atom stereocenters. The maximum atomic E-state index is 12.5. The highest BCUT2D eigenvalue weighted by Gasteiger charge is 2.17. The van der Waals surface area contributed by atoms with Crippen LogP contribution in [-0.4, -0.2) is 23.9 Å². The van der Waals surface area contributed by atoms with Gasteiger partial charge in [0.2, 0.25) is 0 Å². The highest BCUT2D eigenvalue weighted by molar-refractivity contribution is 6.30. The van der Waals surface area contributed by atoms with Crippen LogP contribution in [-0.2, 0) is 0 Å². The summed E-state index contributed by atoms with van der Waals surface area (Å²) in [7, 11) is 0. The number of hydrogen-bond donors (Lipinski definition) is 0. The number of rotatable bonds is 8. The molecule has 0 fully saturated rings. The highest BCUT2D eigenvalue weighted by atomic mass is 35.5. The van der Waals surface area contributed by atoms with E-state index < -0.39 is 0 Å². The number of carbonyl (C=O) groups is 1. The summed E-state index contributed by atoms with van der Waals surface area (Å²) >= 11 is 5.87. The van der Waals surface area contributed by atoms with E-state index in [-0.39, 0.29) is 5.91 Å². The predicted octanol–water partition coefficient (Wildman–Crippen LogP) is 5.02. The fourth-order valence-electron chi connectivity index (χ4n) is 2.36. The molecule has 0 spiro atoms. The highest BCUT2D eigenvalue weighted by Crippen LogP contribution is 2.17. The van der Waals surface area contributed by atoms with Crippen molar-refractivity contribution in [3.05, 3.63) is 34.9 Å². The van der Waals surface area contributed by atoms with Gasteiger partial charge in [0.1, 0.15) is 0 Å². The van der Waals surface area contributed by atoms with Crippen LogP contribution in [0.3, 0.4) is 0 Å². The zero-order chi connectivity index (χ0) is 15.0. The zero-order valence-electron chi connectivity index (χ0n) is 12.9. The van der Waals surface area contributed by atoms with Gasteiger partial charge >= 0.3 is 0 Å². The van der Waals surface area contributed by atoms with Gasteiger partial charge in [-0.3, -0.25) is 4.79 Å². The van der Waals surface area contributed by atoms with Crippen LogP contribution in [0.25, 0.3) is 0 Å². The van der Waals surface area contributed by atoms with Gasteiger partial charge < -0.3 is 4.90 Å². The lowest BCUT2D eigenvalue weighted by Gasteiger charge is -2.26. The zero-order valence-corrected chi connectivity index (χ0v) is 13.6. The molecule has 1 rings (SSSR count). The largest absolute Gasteiger partial charge is 0.339 e. The first-order valence-corrected chi connectivity index (χ1v) is 8.04. The van der Waals surface area contributed by atoms with Crippen LogP contribution in [0.4, 0.5) is 0 Å². The molecule has 0 radical (unpaired) electrons. The Morgan fingerprint density at radius 3 is 2.35 bits per heavy atom. The molecule has 3 heteroatoms. The van der Waals surface area contributed by atoms with Crippen LogP contribution in [0, 0.1) is 5.92 Å². The molecule has 0 saturated heterocycles. The van der Waals surface area contributed by atoms with Crippen molar-refractivity contribution in [3.63, 3.8) is 0 Å². The van der Waals surface area contributed by atoms with E-state index in [2.05, 4.69) is 13.8 Å². The molecule has 0 bridgehead atoms. The Labute approximate surface area is 128 Å². The monoisotopic (exact) mass is 295 g/mol. The van der Waals surface area contributed by atoms with Gasteiger partial charge in [0.05, 0.1) is 0 Å². The maximum Gasteiger partial charge on any atom is 0.253 e. The van der Waals surface area contributed by atoms with Crippen molar-refractivity contribution in [2.75, 3.05) is 13.1 Å². The van der Waals surface area contributed by atoms with E-state index in [4.69, 9.17) is 11.6 Å². The number of benzene rings is 1. The van der Waals surface area contributed by atoms with Gasteiger partial charge in [-0.1, -0.05) is 44.7 Å². The molecule has 1 aromatic carbocycles. The summed E-state index contributed by atoms with van der Waals surface area (Å²) in [4.78, 5) is 14.4. The van der Waals surface area contributed by atoms with Gasteiger partial charge in [0.15, 0.2) is 0 Å². The van der Waals surface area contributed by atoms with Gasteiger partial charge in [-0.15, -0.1) is 0 Å². The minimum absolute atomic E-state index is 0.110. The van der Waals surface area contributed by atoms with E-state index in [1.54, 1.807) is 24.3 Å². The molecule has 0 aliphatic carbocycles. The fourth-order valence-corrected chi connectivity index (χ4v) is 2.49. The van der Waals surface area contributed by atoms with E-state index in [0.717, 1.165) is 25.1 Å². The third kappa shape index (κ3) is 5.16.